The van der Waals surface area contributed by atoms with Crippen molar-refractivity contribution in [2.75, 3.05) is 0 Å². The van der Waals surface area contributed by atoms with Crippen molar-refractivity contribution in [1.82, 2.24) is 0 Å². The van der Waals surface area contributed by atoms with Crippen LogP contribution < -0.4 is 0 Å². The van der Waals surface area contributed by atoms with E-state index in [0.29, 0.717) is 0 Å². The second-order valence-electron chi connectivity index (χ2n) is 4.54. The van der Waals surface area contributed by atoms with Gasteiger partial charge in [-0.3, -0.25) is 0 Å². The third-order valence-corrected chi connectivity index (χ3v) is 4.53. The van der Waals surface area contributed by atoms with Crippen molar-refractivity contribution in [2.45, 2.75) is 34.6 Å². The van der Waals surface area contributed by atoms with Crippen molar-refractivity contribution >= 4 is 0 Å². The Morgan fingerprint density at radius 1 is 0.750 bits per heavy atom. The molecule has 0 radical (unpaired) electrons. The topological polar surface area (TPSA) is 0 Å². The van der Waals surface area contributed by atoms with Gasteiger partial charge in [0.1, 0.15) is 0 Å². The van der Waals surface area contributed by atoms with Crippen LogP contribution in [0.3, 0.4) is 0 Å². The van der Waals surface area contributed by atoms with E-state index in [4.69, 9.17) is 0 Å². The monoisotopic (exact) mass is 358 g/mol. The molecule has 1 aliphatic carbocycles. The van der Waals surface area contributed by atoms with Gasteiger partial charge in [-0.1, -0.05) is 39.5 Å². The summed E-state index contributed by atoms with van der Waals surface area (Å²) in [5, 5.41) is 0. The third-order valence-electron chi connectivity index (χ3n) is 2.90. The Morgan fingerprint density at radius 3 is 1.05 bits per heavy atom. The quantitative estimate of drug-likeness (QED) is 0.365. The molecule has 0 bridgehead atoms. The van der Waals surface area contributed by atoms with Crippen LogP contribution in [0.15, 0.2) is 77.6 Å². The number of hydrogen-bond acceptors (Lipinski definition) is 0. The molecule has 20 heavy (non-hydrogen) atoms. The van der Waals surface area contributed by atoms with Crippen LogP contribution in [-0.2, 0) is 18.3 Å². The summed E-state index contributed by atoms with van der Waals surface area (Å²) in [7, 11) is 0. The van der Waals surface area contributed by atoms with Crippen molar-refractivity contribution in [1.29, 1.82) is 0 Å². The van der Waals surface area contributed by atoms with Crippen LogP contribution in [0.4, 0.5) is 0 Å². The van der Waals surface area contributed by atoms with Crippen LogP contribution in [0, 0.1) is 5.41 Å². The molecule has 0 fully saturated rings. The van der Waals surface area contributed by atoms with Crippen LogP contribution in [0.5, 0.6) is 0 Å². The first kappa shape index (κ1) is 23.7. The molecule has 0 aromatic heterocycles. The Labute approximate surface area is 136 Å². The Kier molecular flexibility index (Phi) is 15.1. The Balaban J connectivity index is -0.000000268. The van der Waals surface area contributed by atoms with E-state index >= 15 is 0 Å². The molecule has 0 aromatic rings. The molecule has 1 rings (SSSR count). The summed E-state index contributed by atoms with van der Waals surface area (Å²) in [5.41, 5.74) is 11.4. The average molecular weight is 358 g/mol. The minimum absolute atomic E-state index is 0.265. The summed E-state index contributed by atoms with van der Waals surface area (Å²) in [6.07, 6.45) is 0. The van der Waals surface area contributed by atoms with Crippen LogP contribution >= 0.6 is 0 Å². The van der Waals surface area contributed by atoms with Crippen LogP contribution in [-0.4, -0.2) is 0 Å². The van der Waals surface area contributed by atoms with Crippen LogP contribution in [0.25, 0.3) is 0 Å². The minimum atomic E-state index is 0.265. The summed E-state index contributed by atoms with van der Waals surface area (Å²) in [5.74, 6) is 0. The van der Waals surface area contributed by atoms with Gasteiger partial charge in [0.2, 0.25) is 0 Å². The van der Waals surface area contributed by atoms with Crippen LogP contribution in [0.2, 0.25) is 0 Å². The third kappa shape index (κ3) is 7.96. The van der Waals surface area contributed by atoms with Gasteiger partial charge in [-0.05, 0) is 0 Å². The molecular weight excluding hydrogens is 331 g/mol. The van der Waals surface area contributed by atoms with Gasteiger partial charge < -0.3 is 0 Å². The molecule has 0 aromatic carbocycles. The van der Waals surface area contributed by atoms with Gasteiger partial charge in [-0.2, -0.15) is 0 Å². The van der Waals surface area contributed by atoms with Crippen molar-refractivity contribution in [2.24, 2.45) is 5.41 Å². The molecule has 0 spiro atoms. The number of hydrogen-bond donors (Lipinski definition) is 0. The van der Waals surface area contributed by atoms with Crippen molar-refractivity contribution in [3.8, 4) is 0 Å². The normalized spacial score (nSPS) is 14.2. The van der Waals surface area contributed by atoms with Gasteiger partial charge in [0.25, 0.3) is 0 Å². The standard InChI is InChI=1S/C10H15.3C3H4.Rh/c1-7-6-10(4,5)9(3)8(7)2;3*1-3-2;/h1-5H3;3*1-2H2;. The fourth-order valence-corrected chi connectivity index (χ4v) is 2.15. The first-order valence-corrected chi connectivity index (χ1v) is 6.86. The fraction of sp³-hybridized carbons (Fsp3) is 0.316. The van der Waals surface area contributed by atoms with Gasteiger partial charge in [0.05, 0.1) is 0 Å². The zero-order chi connectivity index (χ0) is 16.9. The van der Waals surface area contributed by atoms with E-state index in [1.54, 1.807) is 0 Å². The molecule has 0 saturated heterocycles. The Morgan fingerprint density at radius 2 is 1.00 bits per heavy atom. The maximum absolute atomic E-state index is 3.12. The summed E-state index contributed by atoms with van der Waals surface area (Å²) in [6.45, 7) is 29.9. The molecule has 0 N–H and O–H groups in total. The van der Waals surface area contributed by atoms with E-state index in [9.17, 15) is 0 Å². The Bertz CT molecular complexity index is 409. The van der Waals surface area contributed by atoms with E-state index in [1.807, 2.05) is 0 Å². The molecule has 0 heterocycles. The van der Waals surface area contributed by atoms with Gasteiger partial charge in [0, 0.05) is 0 Å². The first-order chi connectivity index (χ1) is 9.13. The molecule has 0 unspecified atom stereocenters. The SMILES string of the molecule is C=C=C.C=C=C.C=C=C.CC1=C(C)C(C)(C)[C]([Rh])=C1C. The van der Waals surface area contributed by atoms with Crippen molar-refractivity contribution < 1.29 is 18.3 Å². The molecule has 0 aliphatic heterocycles. The second-order valence-corrected chi connectivity index (χ2v) is 5.36. The van der Waals surface area contributed by atoms with Gasteiger partial charge >= 0.3 is 79.2 Å². The fourth-order valence-electron chi connectivity index (χ4n) is 1.53. The number of allylic oxidation sites excluding steroid dienone is 4. The van der Waals surface area contributed by atoms with E-state index in [1.165, 1.54) is 20.9 Å². The van der Waals surface area contributed by atoms with Crippen molar-refractivity contribution in [3.63, 3.8) is 0 Å². The van der Waals surface area contributed by atoms with E-state index < -0.39 is 0 Å². The zero-order valence-corrected chi connectivity index (χ0v) is 15.2. The molecule has 1 heteroatoms. The summed E-state index contributed by atoms with van der Waals surface area (Å²) >= 11 is 3.07. The molecule has 112 valence electrons. The summed E-state index contributed by atoms with van der Waals surface area (Å²) in [6, 6.07) is 0. The van der Waals surface area contributed by atoms with E-state index in [0.717, 1.165) is 0 Å². The second kappa shape index (κ2) is 12.7. The van der Waals surface area contributed by atoms with E-state index in [-0.39, 0.29) is 5.41 Å². The molecule has 0 amide bonds. The Hall–Kier alpha value is -1.34. The molecule has 1 aliphatic rings. The van der Waals surface area contributed by atoms with Gasteiger partial charge in [0.15, 0.2) is 0 Å². The predicted molar refractivity (Wildman–Crippen MR) is 89.2 cm³/mol. The van der Waals surface area contributed by atoms with E-state index in [2.05, 4.69) is 110 Å². The number of rotatable bonds is 0. The molecule has 0 atom stereocenters. The molecule has 0 saturated carbocycles. The zero-order valence-electron chi connectivity index (χ0n) is 13.6. The average Bonchev–Trinajstić information content (AvgIpc) is 2.48. The molecular formula is C19H27Rh. The first-order valence-electron chi connectivity index (χ1n) is 6.04. The van der Waals surface area contributed by atoms with Crippen LogP contribution in [0.1, 0.15) is 34.6 Å². The summed E-state index contributed by atoms with van der Waals surface area (Å²) < 4.78 is 1.42. The summed E-state index contributed by atoms with van der Waals surface area (Å²) in [4.78, 5) is 0. The van der Waals surface area contributed by atoms with Gasteiger partial charge in [-0.15, -0.1) is 17.2 Å². The van der Waals surface area contributed by atoms with Gasteiger partial charge in [-0.25, -0.2) is 0 Å². The predicted octanol–water partition coefficient (Wildman–Crippen LogP) is 6.06. The van der Waals surface area contributed by atoms with Crippen molar-refractivity contribution in [3.05, 3.63) is 77.6 Å². The maximum atomic E-state index is 3.12. The molecule has 0 nitrogen and oxygen atoms in total.